The fraction of sp³-hybridized carbons (Fsp3) is 0.385. The number of nitrogens with zero attached hydrogens (tertiary/aromatic N) is 1. The number of alkyl halides is 3. The van der Waals surface area contributed by atoms with Crippen LogP contribution in [0, 0.1) is 23.1 Å². The summed E-state index contributed by atoms with van der Waals surface area (Å²) >= 11 is 5.55. The van der Waals surface area contributed by atoms with Gasteiger partial charge in [0.15, 0.2) is 0 Å². The summed E-state index contributed by atoms with van der Waals surface area (Å²) in [6.07, 6.45) is -5.01. The van der Waals surface area contributed by atoms with Crippen molar-refractivity contribution >= 4 is 17.5 Å². The summed E-state index contributed by atoms with van der Waals surface area (Å²) in [7, 11) is 0. The summed E-state index contributed by atoms with van der Waals surface area (Å²) < 4.78 is 51.6. The molecule has 2 rings (SSSR count). The van der Waals surface area contributed by atoms with Crippen LogP contribution < -0.4 is 10.6 Å². The van der Waals surface area contributed by atoms with Gasteiger partial charge in [0, 0.05) is 13.1 Å². The van der Waals surface area contributed by atoms with Crippen LogP contribution in [0.4, 0.5) is 17.6 Å². The predicted molar refractivity (Wildman–Crippen MR) is 69.6 cm³/mol. The number of nitriles is 1. The lowest BCUT2D eigenvalue weighted by Crippen LogP contribution is -2.40. The van der Waals surface area contributed by atoms with E-state index >= 15 is 0 Å². The van der Waals surface area contributed by atoms with Crippen LogP contribution in [0.25, 0.3) is 0 Å². The molecule has 1 aliphatic heterocycles. The monoisotopic (exact) mass is 335 g/mol. The number of rotatable bonds is 2. The molecule has 0 spiro atoms. The highest BCUT2D eigenvalue weighted by atomic mass is 35.5. The third kappa shape index (κ3) is 3.15. The van der Waals surface area contributed by atoms with E-state index in [0.29, 0.717) is 19.2 Å². The van der Waals surface area contributed by atoms with Crippen LogP contribution in [0.5, 0.6) is 0 Å². The van der Waals surface area contributed by atoms with Gasteiger partial charge in [0.25, 0.3) is 5.91 Å². The van der Waals surface area contributed by atoms with E-state index in [9.17, 15) is 22.4 Å². The predicted octanol–water partition coefficient (Wildman–Crippen LogP) is 2.34. The molecule has 0 radical (unpaired) electrons. The molecule has 118 valence electrons. The van der Waals surface area contributed by atoms with E-state index in [-0.39, 0.29) is 0 Å². The Morgan fingerprint density at radius 1 is 1.41 bits per heavy atom. The highest BCUT2D eigenvalue weighted by Crippen LogP contribution is 2.38. The van der Waals surface area contributed by atoms with Crippen LogP contribution in [-0.4, -0.2) is 25.0 Å². The first-order chi connectivity index (χ1) is 10.3. The summed E-state index contributed by atoms with van der Waals surface area (Å²) in [5.74, 6) is -2.93. The minimum absolute atomic E-state index is 0.314. The van der Waals surface area contributed by atoms with E-state index in [2.05, 4.69) is 10.6 Å². The number of nitrogens with one attached hydrogen (secondary N) is 2. The van der Waals surface area contributed by atoms with Gasteiger partial charge in [-0.25, -0.2) is 4.39 Å². The summed E-state index contributed by atoms with van der Waals surface area (Å²) in [6.45, 7) is 0.682. The number of benzene rings is 1. The first-order valence-corrected chi connectivity index (χ1v) is 6.60. The van der Waals surface area contributed by atoms with Crippen molar-refractivity contribution in [1.29, 1.82) is 5.26 Å². The second kappa shape index (κ2) is 6.10. The summed E-state index contributed by atoms with van der Waals surface area (Å²) in [5, 5.41) is 13.2. The first kappa shape index (κ1) is 16.5. The Balaban J connectivity index is 2.30. The fourth-order valence-corrected chi connectivity index (χ4v) is 2.55. The van der Waals surface area contributed by atoms with Crippen molar-refractivity contribution in [3.8, 4) is 6.07 Å². The standard InChI is InChI=1S/C13H10ClF4N3O/c14-11-7(1-2-8(15)10(11)13(16,17)18)12(22)21-9-5-20-4-6(9)3-19/h1-2,6,9,20H,4-5H2,(H,21,22). The average molecular weight is 336 g/mol. The van der Waals surface area contributed by atoms with Crippen LogP contribution in [-0.2, 0) is 6.18 Å². The summed E-state index contributed by atoms with van der Waals surface area (Å²) in [4.78, 5) is 12.1. The van der Waals surface area contributed by atoms with Crippen molar-refractivity contribution in [3.63, 3.8) is 0 Å². The zero-order chi connectivity index (χ0) is 16.5. The van der Waals surface area contributed by atoms with E-state index in [4.69, 9.17) is 16.9 Å². The Bertz CT molecular complexity index is 641. The van der Waals surface area contributed by atoms with Crippen molar-refractivity contribution in [3.05, 3.63) is 34.1 Å². The average Bonchev–Trinajstić information content (AvgIpc) is 2.84. The van der Waals surface area contributed by atoms with E-state index in [0.717, 1.165) is 6.07 Å². The van der Waals surface area contributed by atoms with Gasteiger partial charge in [-0.3, -0.25) is 4.79 Å². The molecule has 1 aliphatic rings. The molecule has 1 aromatic carbocycles. The molecule has 0 aliphatic carbocycles. The SMILES string of the molecule is N#CC1CNCC1NC(=O)c1ccc(F)c(C(F)(F)F)c1Cl. The zero-order valence-corrected chi connectivity index (χ0v) is 11.7. The maximum Gasteiger partial charge on any atom is 0.420 e. The van der Waals surface area contributed by atoms with Gasteiger partial charge in [0.05, 0.1) is 28.6 Å². The molecule has 1 aromatic rings. The van der Waals surface area contributed by atoms with E-state index in [1.54, 1.807) is 0 Å². The van der Waals surface area contributed by atoms with Gasteiger partial charge in [-0.2, -0.15) is 18.4 Å². The number of hydrogen-bond acceptors (Lipinski definition) is 3. The fourth-order valence-electron chi connectivity index (χ4n) is 2.20. The molecular weight excluding hydrogens is 326 g/mol. The minimum atomic E-state index is -5.01. The Morgan fingerprint density at radius 2 is 2.09 bits per heavy atom. The Kier molecular flexibility index (Phi) is 4.58. The summed E-state index contributed by atoms with van der Waals surface area (Å²) in [5.41, 5.74) is -2.16. The number of hydrogen-bond donors (Lipinski definition) is 2. The number of carbonyl (C=O) groups excluding carboxylic acids is 1. The second-order valence-electron chi connectivity index (χ2n) is 4.76. The molecule has 0 bridgehead atoms. The van der Waals surface area contributed by atoms with E-state index < -0.39 is 46.0 Å². The molecule has 4 nitrogen and oxygen atoms in total. The van der Waals surface area contributed by atoms with Crippen molar-refractivity contribution in [2.24, 2.45) is 5.92 Å². The second-order valence-corrected chi connectivity index (χ2v) is 5.13. The van der Waals surface area contributed by atoms with Gasteiger partial charge >= 0.3 is 6.18 Å². The molecule has 0 aromatic heterocycles. The van der Waals surface area contributed by atoms with Crippen LogP contribution in [0.2, 0.25) is 5.02 Å². The highest BCUT2D eigenvalue weighted by molar-refractivity contribution is 6.34. The molecule has 1 fully saturated rings. The van der Waals surface area contributed by atoms with Gasteiger partial charge in [0.2, 0.25) is 0 Å². The lowest BCUT2D eigenvalue weighted by atomic mass is 10.0. The lowest BCUT2D eigenvalue weighted by Gasteiger charge is -2.17. The number of amides is 1. The molecule has 1 heterocycles. The van der Waals surface area contributed by atoms with Crippen molar-refractivity contribution < 1.29 is 22.4 Å². The minimum Gasteiger partial charge on any atom is -0.347 e. The molecule has 2 unspecified atom stereocenters. The Morgan fingerprint density at radius 3 is 2.68 bits per heavy atom. The zero-order valence-electron chi connectivity index (χ0n) is 11.0. The molecule has 22 heavy (non-hydrogen) atoms. The summed E-state index contributed by atoms with van der Waals surface area (Å²) in [6, 6.07) is 2.85. The highest BCUT2D eigenvalue weighted by Gasteiger charge is 2.39. The van der Waals surface area contributed by atoms with E-state index in [1.165, 1.54) is 0 Å². The molecule has 1 amide bonds. The first-order valence-electron chi connectivity index (χ1n) is 6.22. The molecule has 1 saturated heterocycles. The van der Waals surface area contributed by atoms with Gasteiger partial charge in [-0.1, -0.05) is 11.6 Å². The Labute approximate surface area is 128 Å². The maximum atomic E-state index is 13.3. The third-order valence-corrected chi connectivity index (χ3v) is 3.71. The van der Waals surface area contributed by atoms with Crippen LogP contribution >= 0.6 is 11.6 Å². The van der Waals surface area contributed by atoms with Crippen molar-refractivity contribution in [2.75, 3.05) is 13.1 Å². The van der Waals surface area contributed by atoms with Gasteiger partial charge in [-0.05, 0) is 12.1 Å². The number of halogens is 5. The molecule has 0 saturated carbocycles. The van der Waals surface area contributed by atoms with Crippen molar-refractivity contribution in [2.45, 2.75) is 12.2 Å². The molecular formula is C13H10ClF4N3O. The lowest BCUT2D eigenvalue weighted by molar-refractivity contribution is -0.139. The largest absolute Gasteiger partial charge is 0.420 e. The van der Waals surface area contributed by atoms with Crippen LogP contribution in [0.3, 0.4) is 0 Å². The quantitative estimate of drug-likeness (QED) is 0.815. The van der Waals surface area contributed by atoms with Crippen LogP contribution in [0.15, 0.2) is 12.1 Å². The van der Waals surface area contributed by atoms with Gasteiger partial charge in [0.1, 0.15) is 11.4 Å². The number of carbonyl (C=O) groups is 1. The van der Waals surface area contributed by atoms with Crippen LogP contribution in [0.1, 0.15) is 15.9 Å². The molecule has 2 N–H and O–H groups in total. The maximum absolute atomic E-state index is 13.3. The normalized spacial score (nSPS) is 21.5. The Hall–Kier alpha value is -1.85. The molecule has 9 heteroatoms. The topological polar surface area (TPSA) is 64.9 Å². The van der Waals surface area contributed by atoms with E-state index in [1.807, 2.05) is 6.07 Å². The van der Waals surface area contributed by atoms with Gasteiger partial charge in [-0.15, -0.1) is 0 Å². The van der Waals surface area contributed by atoms with Gasteiger partial charge < -0.3 is 10.6 Å². The van der Waals surface area contributed by atoms with Crippen molar-refractivity contribution in [1.82, 2.24) is 10.6 Å². The smallest absolute Gasteiger partial charge is 0.347 e. The third-order valence-electron chi connectivity index (χ3n) is 3.32. The molecule has 2 atom stereocenters.